The molecule has 2 aromatic carbocycles. The van der Waals surface area contributed by atoms with Gasteiger partial charge in [0, 0.05) is 17.8 Å². The molecule has 0 bridgehead atoms. The molecular formula is C23H26F3N3O3. The van der Waals surface area contributed by atoms with Gasteiger partial charge in [0.05, 0.1) is 18.7 Å². The van der Waals surface area contributed by atoms with Crippen molar-refractivity contribution in [2.24, 2.45) is 0 Å². The highest BCUT2D eigenvalue weighted by atomic mass is 19.4. The number of benzene rings is 2. The van der Waals surface area contributed by atoms with E-state index in [-0.39, 0.29) is 25.2 Å². The third-order valence-electron chi connectivity index (χ3n) is 4.64. The number of nitrogens with one attached hydrogen (secondary N) is 2. The zero-order valence-corrected chi connectivity index (χ0v) is 18.0. The molecule has 0 spiro atoms. The van der Waals surface area contributed by atoms with Crippen LogP contribution in [0.5, 0.6) is 0 Å². The third-order valence-corrected chi connectivity index (χ3v) is 4.64. The lowest BCUT2D eigenvalue weighted by atomic mass is 10.1. The first-order valence-corrected chi connectivity index (χ1v) is 10.2. The van der Waals surface area contributed by atoms with Crippen molar-refractivity contribution in [3.63, 3.8) is 0 Å². The van der Waals surface area contributed by atoms with Crippen LogP contribution in [0.25, 0.3) is 0 Å². The zero-order chi connectivity index (χ0) is 23.7. The lowest BCUT2D eigenvalue weighted by molar-refractivity contribution is -0.137. The maximum absolute atomic E-state index is 12.7. The molecule has 0 aliphatic rings. The molecule has 0 aromatic heterocycles. The van der Waals surface area contributed by atoms with Crippen LogP contribution in [0.3, 0.4) is 0 Å². The average molecular weight is 449 g/mol. The summed E-state index contributed by atoms with van der Waals surface area (Å²) in [5.41, 5.74) is 0.837. The van der Waals surface area contributed by atoms with Crippen molar-refractivity contribution in [3.05, 3.63) is 65.2 Å². The largest absolute Gasteiger partial charge is 0.416 e. The molecule has 2 aromatic rings. The van der Waals surface area contributed by atoms with Gasteiger partial charge in [0.15, 0.2) is 0 Å². The quantitative estimate of drug-likeness (QED) is 0.607. The van der Waals surface area contributed by atoms with Gasteiger partial charge in [-0.1, -0.05) is 31.0 Å². The maximum Gasteiger partial charge on any atom is 0.416 e. The van der Waals surface area contributed by atoms with Gasteiger partial charge in [0.2, 0.25) is 11.8 Å². The number of aryl methyl sites for hydroxylation is 1. The number of anilines is 1. The number of alkyl halides is 3. The minimum atomic E-state index is -4.50. The van der Waals surface area contributed by atoms with Gasteiger partial charge in [-0.15, -0.1) is 0 Å². The van der Waals surface area contributed by atoms with Gasteiger partial charge in [-0.25, -0.2) is 0 Å². The van der Waals surface area contributed by atoms with Gasteiger partial charge in [0.1, 0.15) is 0 Å². The van der Waals surface area contributed by atoms with Crippen molar-refractivity contribution in [1.82, 2.24) is 10.2 Å². The van der Waals surface area contributed by atoms with E-state index in [2.05, 4.69) is 10.6 Å². The zero-order valence-electron chi connectivity index (χ0n) is 18.0. The summed E-state index contributed by atoms with van der Waals surface area (Å²) < 4.78 is 38.2. The van der Waals surface area contributed by atoms with Crippen molar-refractivity contribution in [3.8, 4) is 0 Å². The topological polar surface area (TPSA) is 78.5 Å². The number of hydrogen-bond acceptors (Lipinski definition) is 3. The minimum Gasteiger partial charge on any atom is -0.345 e. The Morgan fingerprint density at radius 1 is 0.938 bits per heavy atom. The summed E-state index contributed by atoms with van der Waals surface area (Å²) in [6.45, 7) is 3.51. The Morgan fingerprint density at radius 2 is 1.56 bits per heavy atom. The highest BCUT2D eigenvalue weighted by Gasteiger charge is 2.30. The second-order valence-corrected chi connectivity index (χ2v) is 7.35. The Morgan fingerprint density at radius 3 is 2.12 bits per heavy atom. The number of amides is 3. The normalized spacial score (nSPS) is 11.0. The fourth-order valence-corrected chi connectivity index (χ4v) is 2.84. The standard InChI is InChI=1S/C23H26F3N3O3/c1-3-4-13-29(22(32)17-7-9-18(10-8-17)23(24,25)26)15-21(31)27-14-20(30)28-19-11-5-16(2)6-12-19/h5-12H,3-4,13-15H2,1-2H3,(H,27,31)(H,28,30). The Bertz CT molecular complexity index is 926. The van der Waals surface area contributed by atoms with Crippen LogP contribution in [0.4, 0.5) is 18.9 Å². The maximum atomic E-state index is 12.7. The van der Waals surface area contributed by atoms with Crippen LogP contribution in [0.15, 0.2) is 48.5 Å². The number of nitrogens with zero attached hydrogens (tertiary/aromatic N) is 1. The number of carbonyl (C=O) groups excluding carboxylic acids is 3. The number of halogens is 3. The Kier molecular flexibility index (Phi) is 8.80. The second kappa shape index (κ2) is 11.3. The Hall–Kier alpha value is -3.36. The number of rotatable bonds is 9. The van der Waals surface area contributed by atoms with E-state index in [1.807, 2.05) is 26.0 Å². The molecule has 0 fully saturated rings. The second-order valence-electron chi connectivity index (χ2n) is 7.35. The van der Waals surface area contributed by atoms with Gasteiger partial charge in [0.25, 0.3) is 5.91 Å². The van der Waals surface area contributed by atoms with E-state index in [1.165, 1.54) is 4.90 Å². The van der Waals surface area contributed by atoms with Crippen LogP contribution in [0.2, 0.25) is 0 Å². The monoisotopic (exact) mass is 449 g/mol. The van der Waals surface area contributed by atoms with Gasteiger partial charge in [-0.3, -0.25) is 14.4 Å². The van der Waals surface area contributed by atoms with E-state index in [4.69, 9.17) is 0 Å². The molecular weight excluding hydrogens is 423 g/mol. The molecule has 0 atom stereocenters. The molecule has 32 heavy (non-hydrogen) atoms. The lowest BCUT2D eigenvalue weighted by Gasteiger charge is -2.22. The highest BCUT2D eigenvalue weighted by Crippen LogP contribution is 2.29. The average Bonchev–Trinajstić information content (AvgIpc) is 2.76. The van der Waals surface area contributed by atoms with Crippen LogP contribution < -0.4 is 10.6 Å². The fourth-order valence-electron chi connectivity index (χ4n) is 2.84. The summed E-state index contributed by atoms with van der Waals surface area (Å²) in [5, 5.41) is 5.11. The summed E-state index contributed by atoms with van der Waals surface area (Å²) in [7, 11) is 0. The van der Waals surface area contributed by atoms with Crippen LogP contribution in [0, 0.1) is 6.92 Å². The van der Waals surface area contributed by atoms with E-state index < -0.39 is 29.5 Å². The van der Waals surface area contributed by atoms with Gasteiger partial charge < -0.3 is 15.5 Å². The first-order chi connectivity index (χ1) is 15.1. The molecule has 0 saturated heterocycles. The van der Waals surface area contributed by atoms with E-state index in [0.717, 1.165) is 36.2 Å². The van der Waals surface area contributed by atoms with Crippen molar-refractivity contribution in [1.29, 1.82) is 0 Å². The van der Waals surface area contributed by atoms with Gasteiger partial charge >= 0.3 is 6.18 Å². The van der Waals surface area contributed by atoms with Crippen molar-refractivity contribution in [2.45, 2.75) is 32.9 Å². The summed E-state index contributed by atoms with van der Waals surface area (Å²) in [6, 6.07) is 11.0. The fraction of sp³-hybridized carbons (Fsp3) is 0.348. The van der Waals surface area contributed by atoms with Crippen LogP contribution in [-0.4, -0.2) is 42.3 Å². The lowest BCUT2D eigenvalue weighted by Crippen LogP contribution is -2.43. The van der Waals surface area contributed by atoms with Crippen LogP contribution >= 0.6 is 0 Å². The molecule has 3 amide bonds. The summed E-state index contributed by atoms with van der Waals surface area (Å²) in [6.07, 6.45) is -3.12. The van der Waals surface area contributed by atoms with E-state index >= 15 is 0 Å². The van der Waals surface area contributed by atoms with E-state index in [0.29, 0.717) is 12.1 Å². The van der Waals surface area contributed by atoms with E-state index in [9.17, 15) is 27.6 Å². The molecule has 0 radical (unpaired) electrons. The van der Waals surface area contributed by atoms with E-state index in [1.54, 1.807) is 12.1 Å². The molecule has 9 heteroatoms. The predicted octanol–water partition coefficient (Wildman–Crippen LogP) is 4.01. The molecule has 0 unspecified atom stereocenters. The predicted molar refractivity (Wildman–Crippen MR) is 115 cm³/mol. The van der Waals surface area contributed by atoms with Crippen LogP contribution in [-0.2, 0) is 15.8 Å². The first-order valence-electron chi connectivity index (χ1n) is 10.2. The Balaban J connectivity index is 1.95. The molecule has 172 valence electrons. The highest BCUT2D eigenvalue weighted by molar-refractivity contribution is 5.98. The minimum absolute atomic E-state index is 0.0546. The SMILES string of the molecule is CCCCN(CC(=O)NCC(=O)Nc1ccc(C)cc1)C(=O)c1ccc(C(F)(F)F)cc1. The Labute approximate surface area is 184 Å². The van der Waals surface area contributed by atoms with Gasteiger partial charge in [-0.05, 0) is 49.7 Å². The van der Waals surface area contributed by atoms with Crippen molar-refractivity contribution < 1.29 is 27.6 Å². The third kappa shape index (κ3) is 7.72. The summed E-state index contributed by atoms with van der Waals surface area (Å²) in [5.74, 6) is -1.51. The van der Waals surface area contributed by atoms with Gasteiger partial charge in [-0.2, -0.15) is 13.2 Å². The summed E-state index contributed by atoms with van der Waals surface area (Å²) >= 11 is 0. The molecule has 2 N–H and O–H groups in total. The number of hydrogen-bond donors (Lipinski definition) is 2. The first kappa shape index (κ1) is 24.9. The molecule has 0 saturated carbocycles. The molecule has 2 rings (SSSR count). The van der Waals surface area contributed by atoms with Crippen molar-refractivity contribution in [2.75, 3.05) is 25.0 Å². The molecule has 0 aliphatic carbocycles. The van der Waals surface area contributed by atoms with Crippen molar-refractivity contribution >= 4 is 23.4 Å². The number of carbonyl (C=O) groups is 3. The molecule has 6 nitrogen and oxygen atoms in total. The van der Waals surface area contributed by atoms with Crippen LogP contribution in [0.1, 0.15) is 41.3 Å². The molecule has 0 aliphatic heterocycles. The number of unbranched alkanes of at least 4 members (excludes halogenated alkanes) is 1. The summed E-state index contributed by atoms with van der Waals surface area (Å²) in [4.78, 5) is 38.3. The molecule has 0 heterocycles. The smallest absolute Gasteiger partial charge is 0.345 e.